The van der Waals surface area contributed by atoms with Gasteiger partial charge in [-0.3, -0.25) is 4.90 Å². The van der Waals surface area contributed by atoms with Gasteiger partial charge in [0.05, 0.1) is 11.5 Å². The predicted octanol–water partition coefficient (Wildman–Crippen LogP) is 2.05. The number of aryl methyl sites for hydroxylation is 2. The number of halogens is 1. The number of hydrogen-bond acceptors (Lipinski definition) is 6. The van der Waals surface area contributed by atoms with Crippen LogP contribution < -0.4 is 9.86 Å². The molecule has 0 amide bonds. The third-order valence-electron chi connectivity index (χ3n) is 7.39. The van der Waals surface area contributed by atoms with Gasteiger partial charge in [0, 0.05) is 43.8 Å². The van der Waals surface area contributed by atoms with E-state index in [4.69, 9.17) is 10.5 Å². The largest absolute Gasteiger partial charge is 0.370 e. The molecule has 0 aromatic heterocycles. The van der Waals surface area contributed by atoms with Crippen molar-refractivity contribution in [3.05, 3.63) is 76.1 Å². The second kappa shape index (κ2) is 9.88. The molecular weight excluding hydrogens is 515 g/mol. The van der Waals surface area contributed by atoms with Crippen LogP contribution in [0.5, 0.6) is 0 Å². The summed E-state index contributed by atoms with van der Waals surface area (Å²) in [7, 11) is -7.24. The molecule has 200 valence electrons. The topological polar surface area (TPSA) is 105 Å². The van der Waals surface area contributed by atoms with Crippen LogP contribution in [0.2, 0.25) is 0 Å². The first-order chi connectivity index (χ1) is 17.4. The van der Waals surface area contributed by atoms with Gasteiger partial charge in [0.1, 0.15) is 21.8 Å². The molecule has 3 heterocycles. The molecule has 0 radical (unpaired) electrons. The molecule has 5 rings (SSSR count). The fourth-order valence-corrected chi connectivity index (χ4v) is 8.73. The number of rotatable bonds is 6. The molecule has 3 aliphatic rings. The molecule has 37 heavy (non-hydrogen) atoms. The van der Waals surface area contributed by atoms with E-state index in [9.17, 15) is 17.0 Å². The zero-order valence-corrected chi connectivity index (χ0v) is 22.7. The van der Waals surface area contributed by atoms with Crippen molar-refractivity contribution in [2.24, 2.45) is 5.73 Å². The van der Waals surface area contributed by atoms with Crippen LogP contribution >= 0.6 is 0 Å². The molecule has 3 aliphatic heterocycles. The molecule has 1 fully saturated rings. The monoisotopic (exact) mass is 548 g/mol. The van der Waals surface area contributed by atoms with Crippen LogP contribution in [0.4, 0.5) is 4.39 Å². The van der Waals surface area contributed by atoms with Crippen LogP contribution in [0, 0.1) is 19.7 Å². The van der Waals surface area contributed by atoms with Gasteiger partial charge < -0.3 is 10.5 Å². The van der Waals surface area contributed by atoms with Crippen molar-refractivity contribution in [1.29, 1.82) is 0 Å². The molecule has 4 atom stereocenters. The third-order valence-corrected chi connectivity index (χ3v) is 11.3. The number of sulfonamides is 1. The van der Waals surface area contributed by atoms with Crippen molar-refractivity contribution < 1.29 is 21.8 Å². The molecule has 0 spiro atoms. The lowest BCUT2D eigenvalue weighted by atomic mass is 9.92. The minimum atomic E-state index is -3.98. The highest BCUT2D eigenvalue weighted by Gasteiger charge is 2.40. The Morgan fingerprint density at radius 2 is 1.62 bits per heavy atom. The number of nitrogens with one attached hydrogen (secondary N) is 1. The van der Waals surface area contributed by atoms with Crippen molar-refractivity contribution in [2.75, 3.05) is 32.8 Å². The molecular formula is C26H33FN4O4S2. The van der Waals surface area contributed by atoms with Gasteiger partial charge >= 0.3 is 0 Å². The van der Waals surface area contributed by atoms with Crippen molar-refractivity contribution in [3.8, 4) is 0 Å². The lowest BCUT2D eigenvalue weighted by Gasteiger charge is -2.39. The van der Waals surface area contributed by atoms with E-state index in [-0.39, 0.29) is 22.8 Å². The third kappa shape index (κ3) is 5.40. The summed E-state index contributed by atoms with van der Waals surface area (Å²) in [5, 5.41) is 0. The zero-order valence-electron chi connectivity index (χ0n) is 21.0. The van der Waals surface area contributed by atoms with E-state index in [1.165, 1.54) is 18.2 Å². The minimum absolute atomic E-state index is 0.0535. The number of ether oxygens (including phenoxy) is 1. The molecule has 2 aromatic carbocycles. The molecule has 8 nitrogen and oxygen atoms in total. The average Bonchev–Trinajstić information content (AvgIpc) is 3.41. The fourth-order valence-electron chi connectivity index (χ4n) is 5.33. The van der Waals surface area contributed by atoms with E-state index < -0.39 is 26.0 Å². The van der Waals surface area contributed by atoms with E-state index in [2.05, 4.69) is 14.9 Å². The maximum atomic E-state index is 14.4. The van der Waals surface area contributed by atoms with Crippen molar-refractivity contribution >= 4 is 25.8 Å². The molecule has 1 saturated heterocycles. The van der Waals surface area contributed by atoms with E-state index in [1.54, 1.807) is 28.6 Å². The second-order valence-corrected chi connectivity index (χ2v) is 14.2. The van der Waals surface area contributed by atoms with Gasteiger partial charge in [0.2, 0.25) is 0 Å². The fraction of sp³-hybridized carbons (Fsp3) is 0.423. The summed E-state index contributed by atoms with van der Waals surface area (Å²) >= 11 is 0. The van der Waals surface area contributed by atoms with Gasteiger partial charge in [0.25, 0.3) is 10.0 Å². The highest BCUT2D eigenvalue weighted by molar-refractivity contribution is 8.08. The predicted molar refractivity (Wildman–Crippen MR) is 143 cm³/mol. The molecule has 2 aromatic rings. The van der Waals surface area contributed by atoms with Crippen LogP contribution in [0.25, 0.3) is 0 Å². The summed E-state index contributed by atoms with van der Waals surface area (Å²) in [5.41, 5.74) is 11.1. The summed E-state index contributed by atoms with van der Waals surface area (Å²) in [4.78, 5) is 2.34. The van der Waals surface area contributed by atoms with E-state index in [0.717, 1.165) is 22.3 Å². The molecule has 11 heteroatoms. The van der Waals surface area contributed by atoms with Gasteiger partial charge in [0.15, 0.2) is 0 Å². The van der Waals surface area contributed by atoms with Crippen LogP contribution in [-0.2, 0) is 24.7 Å². The van der Waals surface area contributed by atoms with Crippen molar-refractivity contribution in [2.45, 2.75) is 43.4 Å². The molecule has 3 N–H and O–H groups in total. The Kier molecular flexibility index (Phi) is 7.07. The van der Waals surface area contributed by atoms with E-state index in [1.807, 2.05) is 13.8 Å². The Morgan fingerprint density at radius 3 is 2.24 bits per heavy atom. The quantitative estimate of drug-likeness (QED) is 0.423. The Labute approximate surface area is 218 Å². The van der Waals surface area contributed by atoms with Gasteiger partial charge in [-0.25, -0.2) is 21.3 Å². The van der Waals surface area contributed by atoms with Gasteiger partial charge in [-0.15, -0.1) is 4.13 Å². The summed E-state index contributed by atoms with van der Waals surface area (Å²) in [6.07, 6.45) is 0.191. The first-order valence-corrected chi connectivity index (χ1v) is 15.4. The van der Waals surface area contributed by atoms with Crippen LogP contribution in [0.1, 0.15) is 29.2 Å². The maximum absolute atomic E-state index is 14.4. The van der Waals surface area contributed by atoms with Crippen LogP contribution in [0.3, 0.4) is 0 Å². The first-order valence-electron chi connectivity index (χ1n) is 12.2. The lowest BCUT2D eigenvalue weighted by molar-refractivity contribution is -0.0466. The first kappa shape index (κ1) is 26.5. The highest BCUT2D eigenvalue weighted by atomic mass is 32.3. The van der Waals surface area contributed by atoms with Gasteiger partial charge in [-0.2, -0.15) is 0 Å². The van der Waals surface area contributed by atoms with Gasteiger partial charge in [-0.05, 0) is 55.5 Å². The van der Waals surface area contributed by atoms with Crippen LogP contribution in [-0.4, -0.2) is 72.6 Å². The Balaban J connectivity index is 1.18. The van der Waals surface area contributed by atoms with Crippen LogP contribution in [0.15, 0.2) is 58.5 Å². The molecule has 0 aliphatic carbocycles. The Morgan fingerprint density at radius 1 is 1.00 bits per heavy atom. The molecule has 0 saturated carbocycles. The summed E-state index contributed by atoms with van der Waals surface area (Å²) in [6.45, 7) is 6.30. The summed E-state index contributed by atoms with van der Waals surface area (Å²) in [5.74, 6) is 3.43. The van der Waals surface area contributed by atoms with Gasteiger partial charge in [-0.1, -0.05) is 35.4 Å². The summed E-state index contributed by atoms with van der Waals surface area (Å²) < 4.78 is 63.3. The molecule has 0 bridgehead atoms. The van der Waals surface area contributed by atoms with Crippen molar-refractivity contribution in [3.63, 3.8) is 0 Å². The molecule has 4 unspecified atom stereocenters. The number of nitrogens with zero attached hydrogens (tertiary/aromatic N) is 2. The standard InChI is InChI=1S/C26H33FN4O4S2/c1-17-4-7-22(8-5-17)37(33,34)29-36(3,32)31-14-19-12-30(13-20(19)15-31)21-11-25(28)26(35-16-21)23-10-18(2)6-9-24(23)27/h4-10,21,25-26H,3,11-16,28H2,1-2H3,(H,29,32). The number of nitrogens with two attached hydrogens (primary N) is 1. The second-order valence-electron chi connectivity index (χ2n) is 10.3. The summed E-state index contributed by atoms with van der Waals surface area (Å²) in [6, 6.07) is 11.1. The Hall–Kier alpha value is -2.12. The normalized spacial score (nSPS) is 26.9. The van der Waals surface area contributed by atoms with Crippen molar-refractivity contribution in [1.82, 2.24) is 13.3 Å². The highest BCUT2D eigenvalue weighted by Crippen LogP contribution is 2.35. The number of hydrogen-bond donors (Lipinski definition) is 2. The SMILES string of the molecule is C=S(=O)(NS(=O)(=O)c1ccc(C)cc1)N1CC2=C(CN(C3COC(c4cc(C)ccc4F)C(N)C3)C2)C1. The van der Waals surface area contributed by atoms with E-state index in [0.29, 0.717) is 44.8 Å². The zero-order chi connectivity index (χ0) is 26.5. The average molecular weight is 549 g/mol. The number of benzene rings is 2. The minimum Gasteiger partial charge on any atom is -0.370 e. The smallest absolute Gasteiger partial charge is 0.252 e. The Bertz CT molecular complexity index is 1420. The lowest BCUT2D eigenvalue weighted by Crippen LogP contribution is -2.50. The van der Waals surface area contributed by atoms with E-state index >= 15 is 0 Å². The maximum Gasteiger partial charge on any atom is 0.252 e.